The molecule has 0 fully saturated rings. The molecule has 0 heterocycles. The predicted molar refractivity (Wildman–Crippen MR) is 82.0 cm³/mol. The van der Waals surface area contributed by atoms with Gasteiger partial charge in [-0.05, 0) is 35.4 Å². The van der Waals surface area contributed by atoms with Gasteiger partial charge in [0.05, 0.1) is 12.1 Å². The molecule has 0 aliphatic carbocycles. The Morgan fingerprint density at radius 2 is 0.909 bits per heavy atom. The zero-order valence-electron chi connectivity index (χ0n) is 10.9. The van der Waals surface area contributed by atoms with Gasteiger partial charge in [-0.15, -0.1) is 0 Å². The highest BCUT2D eigenvalue weighted by Gasteiger charge is 2.24. The summed E-state index contributed by atoms with van der Waals surface area (Å²) in [5.41, 5.74) is 12.4. The van der Waals surface area contributed by atoms with E-state index < -0.39 is 35.4 Å². The van der Waals surface area contributed by atoms with E-state index in [0.29, 0.717) is 0 Å². The fourth-order valence-electron chi connectivity index (χ4n) is 1.97. The van der Waals surface area contributed by atoms with Crippen LogP contribution >= 0.6 is 31.9 Å². The summed E-state index contributed by atoms with van der Waals surface area (Å²) < 4.78 is 53.5. The van der Waals surface area contributed by atoms with Gasteiger partial charge in [0.15, 0.2) is 23.3 Å². The normalized spacial score (nSPS) is 14.0. The van der Waals surface area contributed by atoms with E-state index in [-0.39, 0.29) is 20.1 Å². The van der Waals surface area contributed by atoms with Crippen molar-refractivity contribution in [3.63, 3.8) is 0 Å². The van der Waals surface area contributed by atoms with E-state index in [2.05, 4.69) is 31.9 Å². The molecule has 0 saturated heterocycles. The second kappa shape index (κ2) is 6.66. The summed E-state index contributed by atoms with van der Waals surface area (Å²) in [6.07, 6.45) is 0. The molecule has 22 heavy (non-hydrogen) atoms. The Morgan fingerprint density at radius 3 is 1.23 bits per heavy atom. The molecule has 0 spiro atoms. The Bertz CT molecular complexity index is 663. The van der Waals surface area contributed by atoms with E-state index in [0.717, 1.165) is 24.3 Å². The Balaban J connectivity index is 2.43. The minimum atomic E-state index is -1.08. The average molecular weight is 442 g/mol. The predicted octanol–water partition coefficient (Wildman–Crippen LogP) is 4.47. The zero-order valence-corrected chi connectivity index (χ0v) is 14.1. The lowest BCUT2D eigenvalue weighted by Gasteiger charge is -2.23. The van der Waals surface area contributed by atoms with Crippen molar-refractivity contribution < 1.29 is 17.6 Å². The summed E-state index contributed by atoms with van der Waals surface area (Å²) >= 11 is 6.16. The van der Waals surface area contributed by atoms with Crippen LogP contribution in [0.5, 0.6) is 0 Å². The molecule has 0 aliphatic rings. The maximum Gasteiger partial charge on any atom is 0.159 e. The molecule has 0 aliphatic heterocycles. The Morgan fingerprint density at radius 1 is 0.636 bits per heavy atom. The highest BCUT2D eigenvalue weighted by atomic mass is 79.9. The first kappa shape index (κ1) is 17.4. The van der Waals surface area contributed by atoms with Gasteiger partial charge in [-0.1, -0.05) is 31.9 Å². The Hall–Kier alpha value is -0.960. The van der Waals surface area contributed by atoms with E-state index in [9.17, 15) is 17.6 Å². The molecule has 2 atom stereocenters. The first-order valence-corrected chi connectivity index (χ1v) is 7.61. The van der Waals surface area contributed by atoms with Crippen molar-refractivity contribution in [2.75, 3.05) is 0 Å². The molecule has 0 amide bonds. The Kier molecular flexibility index (Phi) is 5.26. The second-order valence-corrected chi connectivity index (χ2v) is 6.34. The maximum atomic E-state index is 13.4. The first-order chi connectivity index (χ1) is 10.2. The van der Waals surface area contributed by atoms with Crippen molar-refractivity contribution in [1.29, 1.82) is 0 Å². The van der Waals surface area contributed by atoms with Crippen molar-refractivity contribution in [2.24, 2.45) is 11.5 Å². The number of hydrogen-bond donors (Lipinski definition) is 2. The van der Waals surface area contributed by atoms with E-state index in [1.165, 1.54) is 0 Å². The third kappa shape index (κ3) is 3.34. The minimum Gasteiger partial charge on any atom is -0.322 e. The highest BCUT2D eigenvalue weighted by Crippen LogP contribution is 2.34. The zero-order chi connectivity index (χ0) is 16.6. The summed E-state index contributed by atoms with van der Waals surface area (Å²) in [4.78, 5) is 0. The molecule has 2 aromatic carbocycles. The van der Waals surface area contributed by atoms with Crippen LogP contribution in [0.3, 0.4) is 0 Å². The van der Waals surface area contributed by atoms with E-state index >= 15 is 0 Å². The van der Waals surface area contributed by atoms with Crippen LogP contribution in [-0.2, 0) is 0 Å². The van der Waals surface area contributed by atoms with Crippen LogP contribution in [0.1, 0.15) is 23.2 Å². The number of nitrogens with two attached hydrogens (primary N) is 2. The molecule has 0 aromatic heterocycles. The highest BCUT2D eigenvalue weighted by molar-refractivity contribution is 9.10. The summed E-state index contributed by atoms with van der Waals surface area (Å²) in [6, 6.07) is 1.75. The molecule has 4 N–H and O–H groups in total. The van der Waals surface area contributed by atoms with Gasteiger partial charge < -0.3 is 11.5 Å². The maximum absolute atomic E-state index is 13.4. The molecule has 2 aromatic rings. The van der Waals surface area contributed by atoms with Crippen molar-refractivity contribution in [3.8, 4) is 0 Å². The van der Waals surface area contributed by atoms with Gasteiger partial charge >= 0.3 is 0 Å². The molecule has 2 unspecified atom stereocenters. The average Bonchev–Trinajstić information content (AvgIpc) is 2.45. The number of rotatable bonds is 3. The monoisotopic (exact) mass is 440 g/mol. The third-order valence-electron chi connectivity index (χ3n) is 3.18. The van der Waals surface area contributed by atoms with E-state index in [4.69, 9.17) is 11.5 Å². The fraction of sp³-hybridized carbons (Fsp3) is 0.143. The molecule has 2 nitrogen and oxygen atoms in total. The lowest BCUT2D eigenvalue weighted by atomic mass is 9.94. The smallest absolute Gasteiger partial charge is 0.159 e. The van der Waals surface area contributed by atoms with Gasteiger partial charge in [0.25, 0.3) is 0 Å². The molecule has 118 valence electrons. The van der Waals surface area contributed by atoms with Crippen molar-refractivity contribution in [3.05, 3.63) is 67.6 Å². The standard InChI is InChI=1S/C14H10Br2F4N2/c15-7-3-11(19)9(17)1-5(7)13(21)14(22)6-2-10(18)12(20)4-8(6)16/h1-4,13-14H,21-22H2. The summed E-state index contributed by atoms with van der Waals surface area (Å²) in [6.45, 7) is 0. The molecular weight excluding hydrogens is 432 g/mol. The largest absolute Gasteiger partial charge is 0.322 e. The van der Waals surface area contributed by atoms with Crippen LogP contribution in [-0.4, -0.2) is 0 Å². The van der Waals surface area contributed by atoms with E-state index in [1.807, 2.05) is 0 Å². The molecule has 0 bridgehead atoms. The quantitative estimate of drug-likeness (QED) is 0.545. The summed E-state index contributed by atoms with van der Waals surface area (Å²) in [7, 11) is 0. The van der Waals surface area contributed by atoms with Crippen molar-refractivity contribution in [1.82, 2.24) is 0 Å². The van der Waals surface area contributed by atoms with Gasteiger partial charge in [-0.3, -0.25) is 0 Å². The number of hydrogen-bond acceptors (Lipinski definition) is 2. The van der Waals surface area contributed by atoms with Gasteiger partial charge in [-0.25, -0.2) is 17.6 Å². The van der Waals surface area contributed by atoms with Crippen LogP contribution < -0.4 is 11.5 Å². The molecule has 0 radical (unpaired) electrons. The van der Waals surface area contributed by atoms with Crippen LogP contribution in [0.2, 0.25) is 0 Å². The summed E-state index contributed by atoms with van der Waals surface area (Å²) in [5.74, 6) is -4.23. The Labute approximate surface area is 140 Å². The third-order valence-corrected chi connectivity index (χ3v) is 4.56. The minimum absolute atomic E-state index is 0.211. The lowest BCUT2D eigenvalue weighted by Crippen LogP contribution is -2.27. The molecule has 8 heteroatoms. The van der Waals surface area contributed by atoms with E-state index in [1.54, 1.807) is 0 Å². The lowest BCUT2D eigenvalue weighted by molar-refractivity contribution is 0.492. The van der Waals surface area contributed by atoms with Crippen LogP contribution in [0.4, 0.5) is 17.6 Å². The topological polar surface area (TPSA) is 52.0 Å². The SMILES string of the molecule is NC(c1cc(F)c(F)cc1Br)C(N)c1cc(F)c(F)cc1Br. The second-order valence-electron chi connectivity index (χ2n) is 4.63. The van der Waals surface area contributed by atoms with Crippen LogP contribution in [0.15, 0.2) is 33.2 Å². The fourth-order valence-corrected chi connectivity index (χ4v) is 3.13. The first-order valence-electron chi connectivity index (χ1n) is 6.02. The molecular formula is C14H10Br2F4N2. The molecule has 2 rings (SSSR count). The van der Waals surface area contributed by atoms with Gasteiger partial charge in [0.1, 0.15) is 0 Å². The number of benzene rings is 2. The van der Waals surface area contributed by atoms with Crippen molar-refractivity contribution in [2.45, 2.75) is 12.1 Å². The van der Waals surface area contributed by atoms with Gasteiger partial charge in [0, 0.05) is 8.95 Å². The van der Waals surface area contributed by atoms with Gasteiger partial charge in [0.2, 0.25) is 0 Å². The van der Waals surface area contributed by atoms with Crippen molar-refractivity contribution >= 4 is 31.9 Å². The summed E-state index contributed by atoms with van der Waals surface area (Å²) in [5, 5.41) is 0. The van der Waals surface area contributed by atoms with Gasteiger partial charge in [-0.2, -0.15) is 0 Å². The van der Waals surface area contributed by atoms with Crippen LogP contribution in [0, 0.1) is 23.3 Å². The van der Waals surface area contributed by atoms with Crippen LogP contribution in [0.25, 0.3) is 0 Å². The molecule has 0 saturated carbocycles. The number of halogens is 6.